The molecule has 0 bridgehead atoms. The molecule has 1 N–H and O–H groups in total. The van der Waals surface area contributed by atoms with Gasteiger partial charge in [0.1, 0.15) is 6.04 Å². The molecular formula is C19H15IN2O5. The van der Waals surface area contributed by atoms with Gasteiger partial charge in [0.05, 0.1) is 16.8 Å². The number of rotatable bonds is 5. The van der Waals surface area contributed by atoms with Crippen LogP contribution in [0, 0.1) is 3.57 Å². The molecule has 1 unspecified atom stereocenters. The maximum atomic E-state index is 12.4. The van der Waals surface area contributed by atoms with Crippen molar-refractivity contribution in [2.75, 3.05) is 11.9 Å². The number of carbonyl (C=O) groups is 4. The topological polar surface area (TPSA) is 92.8 Å². The van der Waals surface area contributed by atoms with E-state index in [-0.39, 0.29) is 11.1 Å². The largest absolute Gasteiger partial charge is 0.454 e. The fourth-order valence-corrected chi connectivity index (χ4v) is 3.19. The van der Waals surface area contributed by atoms with Gasteiger partial charge in [-0.3, -0.25) is 19.3 Å². The summed E-state index contributed by atoms with van der Waals surface area (Å²) >= 11 is 2.07. The molecule has 0 aromatic heterocycles. The average Bonchev–Trinajstić information content (AvgIpc) is 2.92. The number of nitrogens with zero attached hydrogens (tertiary/aromatic N) is 1. The lowest BCUT2D eigenvalue weighted by Crippen LogP contribution is -2.44. The van der Waals surface area contributed by atoms with Gasteiger partial charge in [0.2, 0.25) is 0 Å². The number of para-hydroxylation sites is 1. The standard InChI is InChI=1S/C19H15IN2O5/c1-11(22-17(24)12-6-2-3-7-13(12)18(22)25)19(26)27-10-16(23)21-15-9-5-4-8-14(15)20/h2-9,11H,10H2,1H3,(H,21,23). The van der Waals surface area contributed by atoms with Gasteiger partial charge >= 0.3 is 5.97 Å². The first-order chi connectivity index (χ1) is 12.9. The Morgan fingerprint density at radius 3 is 2.19 bits per heavy atom. The summed E-state index contributed by atoms with van der Waals surface area (Å²) in [6.45, 7) is 0.874. The van der Waals surface area contributed by atoms with Gasteiger partial charge in [-0.1, -0.05) is 24.3 Å². The van der Waals surface area contributed by atoms with Crippen molar-refractivity contribution < 1.29 is 23.9 Å². The minimum Gasteiger partial charge on any atom is -0.454 e. The number of fused-ring (bicyclic) bond motifs is 1. The van der Waals surface area contributed by atoms with E-state index in [9.17, 15) is 19.2 Å². The normalized spacial score (nSPS) is 13.9. The van der Waals surface area contributed by atoms with E-state index in [1.807, 2.05) is 12.1 Å². The number of halogens is 1. The zero-order chi connectivity index (χ0) is 19.6. The number of hydrogen-bond donors (Lipinski definition) is 1. The van der Waals surface area contributed by atoms with Gasteiger partial charge < -0.3 is 10.1 Å². The molecule has 3 amide bonds. The zero-order valence-electron chi connectivity index (χ0n) is 14.3. The van der Waals surface area contributed by atoms with E-state index in [2.05, 4.69) is 27.9 Å². The van der Waals surface area contributed by atoms with Gasteiger partial charge in [-0.2, -0.15) is 0 Å². The van der Waals surface area contributed by atoms with Gasteiger partial charge in [-0.15, -0.1) is 0 Å². The number of ether oxygens (including phenoxy) is 1. The second-order valence-electron chi connectivity index (χ2n) is 5.84. The predicted octanol–water partition coefficient (Wildman–Crippen LogP) is 2.46. The fourth-order valence-electron chi connectivity index (χ4n) is 2.67. The van der Waals surface area contributed by atoms with E-state index >= 15 is 0 Å². The minimum absolute atomic E-state index is 0.249. The third-order valence-corrected chi connectivity index (χ3v) is 4.99. The highest BCUT2D eigenvalue weighted by Gasteiger charge is 2.41. The predicted molar refractivity (Wildman–Crippen MR) is 105 cm³/mol. The lowest BCUT2D eigenvalue weighted by atomic mass is 10.1. The summed E-state index contributed by atoms with van der Waals surface area (Å²) in [5.74, 6) is -2.45. The molecule has 8 heteroatoms. The van der Waals surface area contributed by atoms with Gasteiger partial charge in [-0.05, 0) is 53.8 Å². The monoisotopic (exact) mass is 478 g/mol. The highest BCUT2D eigenvalue weighted by atomic mass is 127. The van der Waals surface area contributed by atoms with E-state index in [4.69, 9.17) is 4.74 Å². The molecule has 1 atom stereocenters. The van der Waals surface area contributed by atoms with Crippen LogP contribution in [0.25, 0.3) is 0 Å². The van der Waals surface area contributed by atoms with Crippen molar-refractivity contribution in [2.24, 2.45) is 0 Å². The Morgan fingerprint density at radius 1 is 1.04 bits per heavy atom. The summed E-state index contributed by atoms with van der Waals surface area (Å²) in [5, 5.41) is 2.63. The number of anilines is 1. The molecule has 1 aliphatic rings. The number of esters is 1. The summed E-state index contributed by atoms with van der Waals surface area (Å²) in [6, 6.07) is 12.4. The molecule has 0 radical (unpaired) electrons. The van der Waals surface area contributed by atoms with Crippen molar-refractivity contribution in [3.63, 3.8) is 0 Å². The number of nitrogens with one attached hydrogen (secondary N) is 1. The molecular weight excluding hydrogens is 463 g/mol. The molecule has 0 aliphatic carbocycles. The first kappa shape index (κ1) is 19.0. The Labute approximate surface area is 168 Å². The first-order valence-electron chi connectivity index (χ1n) is 8.08. The van der Waals surface area contributed by atoms with Crippen LogP contribution in [-0.4, -0.2) is 41.2 Å². The Hall–Kier alpha value is -2.75. The molecule has 0 saturated heterocycles. The van der Waals surface area contributed by atoms with Crippen LogP contribution in [0.2, 0.25) is 0 Å². The SMILES string of the molecule is CC(C(=O)OCC(=O)Nc1ccccc1I)N1C(=O)c2ccccc2C1=O. The third kappa shape index (κ3) is 3.85. The average molecular weight is 478 g/mol. The second kappa shape index (κ2) is 7.87. The Balaban J connectivity index is 1.60. The van der Waals surface area contributed by atoms with Crippen molar-refractivity contribution in [1.29, 1.82) is 0 Å². The summed E-state index contributed by atoms with van der Waals surface area (Å²) in [4.78, 5) is 49.9. The van der Waals surface area contributed by atoms with E-state index in [1.165, 1.54) is 19.1 Å². The number of imide groups is 1. The van der Waals surface area contributed by atoms with Gasteiger partial charge in [0.15, 0.2) is 6.61 Å². The molecule has 27 heavy (non-hydrogen) atoms. The zero-order valence-corrected chi connectivity index (χ0v) is 16.4. The molecule has 0 spiro atoms. The lowest BCUT2D eigenvalue weighted by molar-refractivity contribution is -0.150. The van der Waals surface area contributed by atoms with Gasteiger partial charge in [-0.25, -0.2) is 4.79 Å². The van der Waals surface area contributed by atoms with Crippen LogP contribution in [0.1, 0.15) is 27.6 Å². The highest BCUT2D eigenvalue weighted by molar-refractivity contribution is 14.1. The van der Waals surface area contributed by atoms with Gasteiger partial charge in [0.25, 0.3) is 17.7 Å². The lowest BCUT2D eigenvalue weighted by Gasteiger charge is -2.20. The number of carbonyl (C=O) groups excluding carboxylic acids is 4. The number of amides is 3. The maximum Gasteiger partial charge on any atom is 0.329 e. The van der Waals surface area contributed by atoms with E-state index in [0.29, 0.717) is 5.69 Å². The van der Waals surface area contributed by atoms with Crippen LogP contribution < -0.4 is 5.32 Å². The Bertz CT molecular complexity index is 908. The van der Waals surface area contributed by atoms with Crippen molar-refractivity contribution in [3.05, 3.63) is 63.2 Å². The van der Waals surface area contributed by atoms with Gasteiger partial charge in [0, 0.05) is 3.57 Å². The molecule has 2 aromatic rings. The molecule has 1 heterocycles. The smallest absolute Gasteiger partial charge is 0.329 e. The molecule has 0 saturated carbocycles. The summed E-state index contributed by atoms with van der Waals surface area (Å²) in [5.41, 5.74) is 1.10. The Morgan fingerprint density at radius 2 is 1.59 bits per heavy atom. The van der Waals surface area contributed by atoms with E-state index < -0.39 is 36.3 Å². The molecule has 2 aromatic carbocycles. The van der Waals surface area contributed by atoms with E-state index in [1.54, 1.807) is 24.3 Å². The highest BCUT2D eigenvalue weighted by Crippen LogP contribution is 2.24. The minimum atomic E-state index is -1.14. The number of hydrogen-bond acceptors (Lipinski definition) is 5. The fraction of sp³-hybridized carbons (Fsp3) is 0.158. The molecule has 1 aliphatic heterocycles. The first-order valence-corrected chi connectivity index (χ1v) is 9.16. The summed E-state index contributed by atoms with van der Waals surface area (Å²) in [7, 11) is 0. The maximum absolute atomic E-state index is 12.4. The van der Waals surface area contributed by atoms with Crippen molar-refractivity contribution >= 4 is 52.0 Å². The van der Waals surface area contributed by atoms with Crippen molar-refractivity contribution in [1.82, 2.24) is 4.90 Å². The van der Waals surface area contributed by atoms with Crippen LogP contribution in [0.3, 0.4) is 0 Å². The van der Waals surface area contributed by atoms with Crippen molar-refractivity contribution in [3.8, 4) is 0 Å². The summed E-state index contributed by atoms with van der Waals surface area (Å²) in [6.07, 6.45) is 0. The molecule has 138 valence electrons. The van der Waals surface area contributed by atoms with Crippen LogP contribution in [-0.2, 0) is 14.3 Å². The summed E-state index contributed by atoms with van der Waals surface area (Å²) < 4.78 is 5.83. The third-order valence-electron chi connectivity index (χ3n) is 4.05. The van der Waals surface area contributed by atoms with Crippen LogP contribution in [0.5, 0.6) is 0 Å². The Kier molecular flexibility index (Phi) is 5.54. The quantitative estimate of drug-likeness (QED) is 0.405. The number of benzene rings is 2. The van der Waals surface area contributed by atoms with Crippen molar-refractivity contribution in [2.45, 2.75) is 13.0 Å². The second-order valence-corrected chi connectivity index (χ2v) is 7.00. The molecule has 3 rings (SSSR count). The molecule has 7 nitrogen and oxygen atoms in total. The van der Waals surface area contributed by atoms with E-state index in [0.717, 1.165) is 8.47 Å². The van der Waals surface area contributed by atoms with Crippen LogP contribution in [0.15, 0.2) is 48.5 Å². The molecule has 0 fully saturated rings. The van der Waals surface area contributed by atoms with Crippen LogP contribution in [0.4, 0.5) is 5.69 Å². The van der Waals surface area contributed by atoms with Crippen LogP contribution >= 0.6 is 22.6 Å².